The van der Waals surface area contributed by atoms with E-state index in [1.807, 2.05) is 31.2 Å². The minimum absolute atomic E-state index is 0.0555. The summed E-state index contributed by atoms with van der Waals surface area (Å²) in [5.41, 5.74) is 1.18. The molecule has 5 nitrogen and oxygen atoms in total. The lowest BCUT2D eigenvalue weighted by Crippen LogP contribution is -2.45. The van der Waals surface area contributed by atoms with Crippen molar-refractivity contribution in [3.05, 3.63) is 52.9 Å². The lowest BCUT2D eigenvalue weighted by Gasteiger charge is -2.31. The maximum Gasteiger partial charge on any atom is 0.252 e. The largest absolute Gasteiger partial charge is 0.355 e. The predicted molar refractivity (Wildman–Crippen MR) is 108 cm³/mol. The van der Waals surface area contributed by atoms with Crippen LogP contribution in [0.2, 0.25) is 0 Å². The first kappa shape index (κ1) is 20.0. The molecular formula is C20H26N2O3S2. The second-order valence-corrected chi connectivity index (χ2v) is 10.6. The number of rotatable bonds is 6. The van der Waals surface area contributed by atoms with E-state index < -0.39 is 10.0 Å². The van der Waals surface area contributed by atoms with Gasteiger partial charge in [-0.2, -0.15) is 4.31 Å². The topological polar surface area (TPSA) is 66.5 Å². The number of hydrogen-bond acceptors (Lipinski definition) is 4. The van der Waals surface area contributed by atoms with Gasteiger partial charge in [0.25, 0.3) is 10.0 Å². The molecule has 1 N–H and O–H groups in total. The summed E-state index contributed by atoms with van der Waals surface area (Å²) in [6, 6.07) is 13.5. The Labute approximate surface area is 165 Å². The first-order chi connectivity index (χ1) is 12.9. The van der Waals surface area contributed by atoms with Gasteiger partial charge in [-0.05, 0) is 43.4 Å². The van der Waals surface area contributed by atoms with Crippen molar-refractivity contribution in [1.29, 1.82) is 0 Å². The molecule has 1 aromatic carbocycles. The molecule has 0 aliphatic carbocycles. The van der Waals surface area contributed by atoms with Crippen LogP contribution in [-0.4, -0.2) is 38.3 Å². The molecule has 2 aromatic rings. The van der Waals surface area contributed by atoms with E-state index in [0.717, 1.165) is 11.3 Å². The Bertz CT molecular complexity index is 878. The fourth-order valence-corrected chi connectivity index (χ4v) is 6.31. The molecule has 7 heteroatoms. The van der Waals surface area contributed by atoms with Gasteiger partial charge in [-0.1, -0.05) is 37.3 Å². The summed E-state index contributed by atoms with van der Waals surface area (Å²) in [6.45, 7) is 5.25. The van der Waals surface area contributed by atoms with Gasteiger partial charge in [-0.3, -0.25) is 4.79 Å². The van der Waals surface area contributed by atoms with Crippen molar-refractivity contribution >= 4 is 27.3 Å². The number of sulfonamides is 1. The van der Waals surface area contributed by atoms with Gasteiger partial charge in [0, 0.05) is 24.5 Å². The average molecular weight is 407 g/mol. The molecule has 0 radical (unpaired) electrons. The second-order valence-electron chi connectivity index (χ2n) is 7.12. The van der Waals surface area contributed by atoms with E-state index in [1.54, 1.807) is 6.07 Å². The van der Waals surface area contributed by atoms with Crippen LogP contribution < -0.4 is 5.32 Å². The maximum atomic E-state index is 12.8. The minimum Gasteiger partial charge on any atom is -0.355 e. The van der Waals surface area contributed by atoms with Gasteiger partial charge in [0.2, 0.25) is 5.91 Å². The number of aryl methyl sites for hydroxylation is 1. The van der Waals surface area contributed by atoms with E-state index in [1.165, 1.54) is 21.2 Å². The molecule has 0 spiro atoms. The van der Waals surface area contributed by atoms with Crippen LogP contribution in [0.1, 0.15) is 36.1 Å². The zero-order valence-corrected chi connectivity index (χ0v) is 17.4. The zero-order valence-electron chi connectivity index (χ0n) is 15.7. The van der Waals surface area contributed by atoms with Crippen LogP contribution >= 0.6 is 11.3 Å². The number of amides is 1. The van der Waals surface area contributed by atoms with Gasteiger partial charge < -0.3 is 5.32 Å². The Morgan fingerprint density at radius 3 is 2.67 bits per heavy atom. The number of piperidine rings is 1. The zero-order chi connectivity index (χ0) is 19.4. The quantitative estimate of drug-likeness (QED) is 0.800. The highest BCUT2D eigenvalue weighted by atomic mass is 32.2. The summed E-state index contributed by atoms with van der Waals surface area (Å²) in [6.07, 6.45) is 1.43. The van der Waals surface area contributed by atoms with Gasteiger partial charge >= 0.3 is 0 Å². The molecule has 27 heavy (non-hydrogen) atoms. The van der Waals surface area contributed by atoms with Gasteiger partial charge in [-0.15, -0.1) is 11.3 Å². The van der Waals surface area contributed by atoms with Crippen LogP contribution in [0.3, 0.4) is 0 Å². The van der Waals surface area contributed by atoms with Crippen LogP contribution in [0.15, 0.2) is 46.7 Å². The molecule has 1 aliphatic rings. The van der Waals surface area contributed by atoms with E-state index in [9.17, 15) is 13.2 Å². The first-order valence-electron chi connectivity index (χ1n) is 9.27. The highest BCUT2D eigenvalue weighted by Crippen LogP contribution is 2.28. The number of hydrogen-bond donors (Lipinski definition) is 1. The van der Waals surface area contributed by atoms with Crippen LogP contribution in [0, 0.1) is 12.8 Å². The van der Waals surface area contributed by atoms with Crippen molar-refractivity contribution in [3.63, 3.8) is 0 Å². The Hall–Kier alpha value is -1.70. The second kappa shape index (κ2) is 8.54. The van der Waals surface area contributed by atoms with Crippen molar-refractivity contribution in [3.8, 4) is 0 Å². The highest BCUT2D eigenvalue weighted by Gasteiger charge is 2.34. The number of carbonyl (C=O) groups excluding carboxylic acids is 1. The standard InChI is InChI=1S/C20H26N2O3S2/c1-15(17-7-4-3-5-8-17)13-21-20(23)18-9-6-12-22(14-18)27(24,25)19-11-10-16(2)26-19/h3-5,7-8,10-11,15,18H,6,9,12-14H2,1-2H3,(H,21,23). The first-order valence-corrected chi connectivity index (χ1v) is 11.5. The van der Waals surface area contributed by atoms with Gasteiger partial charge in [0.15, 0.2) is 0 Å². The molecule has 1 aliphatic heterocycles. The molecule has 2 heterocycles. The number of benzene rings is 1. The van der Waals surface area contributed by atoms with Crippen molar-refractivity contribution in [2.45, 2.75) is 36.8 Å². The Morgan fingerprint density at radius 1 is 1.26 bits per heavy atom. The van der Waals surface area contributed by atoms with Gasteiger partial charge in [0.05, 0.1) is 5.92 Å². The van der Waals surface area contributed by atoms with Gasteiger partial charge in [-0.25, -0.2) is 8.42 Å². The normalized spacial score (nSPS) is 19.6. The molecule has 0 saturated carbocycles. The van der Waals surface area contributed by atoms with E-state index >= 15 is 0 Å². The summed E-state index contributed by atoms with van der Waals surface area (Å²) >= 11 is 1.28. The highest BCUT2D eigenvalue weighted by molar-refractivity contribution is 7.91. The number of carbonyl (C=O) groups is 1. The summed E-state index contributed by atoms with van der Waals surface area (Å²) in [5.74, 6) is -0.134. The van der Waals surface area contributed by atoms with Crippen molar-refractivity contribution in [1.82, 2.24) is 9.62 Å². The summed E-state index contributed by atoms with van der Waals surface area (Å²) < 4.78 is 27.5. The SMILES string of the molecule is Cc1ccc(S(=O)(=O)N2CCCC(C(=O)NCC(C)c3ccccc3)C2)s1. The van der Waals surface area contributed by atoms with Crippen LogP contribution in [-0.2, 0) is 14.8 Å². The molecule has 2 unspecified atom stereocenters. The Balaban J connectivity index is 1.59. The van der Waals surface area contributed by atoms with E-state index in [4.69, 9.17) is 0 Å². The van der Waals surface area contributed by atoms with E-state index in [2.05, 4.69) is 24.4 Å². The third-order valence-electron chi connectivity index (χ3n) is 5.02. The number of nitrogens with one attached hydrogen (secondary N) is 1. The molecule has 1 aromatic heterocycles. The lowest BCUT2D eigenvalue weighted by molar-refractivity contribution is -0.126. The number of nitrogens with zero attached hydrogens (tertiary/aromatic N) is 1. The molecule has 1 fully saturated rings. The predicted octanol–water partition coefficient (Wildman–Crippen LogP) is 3.38. The molecule has 1 amide bonds. The lowest BCUT2D eigenvalue weighted by atomic mass is 9.97. The van der Waals surface area contributed by atoms with Crippen LogP contribution in [0.5, 0.6) is 0 Å². The van der Waals surface area contributed by atoms with Crippen LogP contribution in [0.4, 0.5) is 0 Å². The van der Waals surface area contributed by atoms with E-state index in [-0.39, 0.29) is 24.3 Å². The third-order valence-corrected chi connectivity index (χ3v) is 8.35. The Kier molecular flexibility index (Phi) is 6.34. The van der Waals surface area contributed by atoms with Crippen molar-refractivity contribution < 1.29 is 13.2 Å². The van der Waals surface area contributed by atoms with Crippen molar-refractivity contribution in [2.75, 3.05) is 19.6 Å². The average Bonchev–Trinajstić information content (AvgIpc) is 3.14. The number of thiophene rings is 1. The third kappa shape index (κ3) is 4.78. The molecule has 1 saturated heterocycles. The van der Waals surface area contributed by atoms with Crippen LogP contribution in [0.25, 0.3) is 0 Å². The summed E-state index contributed by atoms with van der Waals surface area (Å²) in [4.78, 5) is 13.6. The van der Waals surface area contributed by atoms with E-state index in [0.29, 0.717) is 23.7 Å². The Morgan fingerprint density at radius 2 is 2.00 bits per heavy atom. The monoisotopic (exact) mass is 406 g/mol. The van der Waals surface area contributed by atoms with Crippen molar-refractivity contribution in [2.24, 2.45) is 5.92 Å². The molecule has 3 rings (SSSR count). The molecule has 0 bridgehead atoms. The summed E-state index contributed by atoms with van der Waals surface area (Å²) in [5, 5.41) is 3.01. The fraction of sp³-hybridized carbons (Fsp3) is 0.450. The minimum atomic E-state index is -3.51. The van der Waals surface area contributed by atoms with Gasteiger partial charge in [0.1, 0.15) is 4.21 Å². The molecule has 2 atom stereocenters. The fourth-order valence-electron chi connectivity index (χ4n) is 3.35. The molecule has 146 valence electrons. The smallest absolute Gasteiger partial charge is 0.252 e. The summed E-state index contributed by atoms with van der Waals surface area (Å²) in [7, 11) is -3.51. The maximum absolute atomic E-state index is 12.8. The molecular weight excluding hydrogens is 380 g/mol.